The number of aliphatic carboxylic acids is 1. The smallest absolute Gasteiger partial charge is 0.316 e. The van der Waals surface area contributed by atoms with Gasteiger partial charge in [-0.05, 0) is 18.9 Å². The number of carboxylic acids is 1. The molecule has 0 aromatic heterocycles. The third-order valence-corrected chi connectivity index (χ3v) is 7.24. The molecule has 3 saturated heterocycles. The van der Waals surface area contributed by atoms with Crippen LogP contribution < -0.4 is 0 Å². The standard InChI is InChI=1S/C20H26FN5O5/c1-23-10-31-19-16-13(18(27)14(20(28)29)9-26(16)23)6-15(21)17(19)24-4-5-25-11(7-22-30)2-3-12(25)8-24/h6,11-12,14-15,17H,2-5,7-10H2,1H3,(H,28,29). The number of piperidine rings is 1. The molecule has 0 aromatic rings. The van der Waals surface area contributed by atoms with Gasteiger partial charge in [0.1, 0.15) is 29.6 Å². The SMILES string of the molecule is CN1COC2=C3C(=CC(F)C2N2CCN4C(CN=O)CCC4C2)C(=O)C(C(=O)O)CN31. The van der Waals surface area contributed by atoms with E-state index >= 15 is 4.39 Å². The Bertz CT molecular complexity index is 878. The van der Waals surface area contributed by atoms with E-state index in [0.29, 0.717) is 24.5 Å². The van der Waals surface area contributed by atoms with Crippen LogP contribution in [0.3, 0.4) is 0 Å². The van der Waals surface area contributed by atoms with Crippen LogP contribution in [0.15, 0.2) is 28.3 Å². The van der Waals surface area contributed by atoms with Gasteiger partial charge in [-0.15, -0.1) is 0 Å². The van der Waals surface area contributed by atoms with Gasteiger partial charge in [0.15, 0.2) is 12.5 Å². The number of alkyl halides is 1. The summed E-state index contributed by atoms with van der Waals surface area (Å²) in [5, 5.41) is 16.0. The van der Waals surface area contributed by atoms with Crippen LogP contribution in [-0.4, -0.2) is 107 Å². The second-order valence-electron chi connectivity index (χ2n) is 8.88. The Morgan fingerprint density at radius 1 is 1.32 bits per heavy atom. The number of carboxylic acid groups (broad SMARTS) is 1. The van der Waals surface area contributed by atoms with Gasteiger partial charge in [0, 0.05) is 44.3 Å². The van der Waals surface area contributed by atoms with Crippen LogP contribution >= 0.6 is 0 Å². The Balaban J connectivity index is 1.44. The van der Waals surface area contributed by atoms with Crippen LogP contribution in [-0.2, 0) is 14.3 Å². The molecule has 168 valence electrons. The molecule has 5 aliphatic rings. The normalized spacial score (nSPS) is 36.6. The number of piperazine rings is 1. The van der Waals surface area contributed by atoms with Crippen molar-refractivity contribution in [2.45, 2.75) is 37.1 Å². The maximum absolute atomic E-state index is 15.5. The zero-order chi connectivity index (χ0) is 21.9. The molecule has 1 N–H and O–H groups in total. The maximum atomic E-state index is 15.5. The Labute approximate surface area is 178 Å². The van der Waals surface area contributed by atoms with Crippen molar-refractivity contribution in [2.75, 3.05) is 46.5 Å². The fourth-order valence-electron chi connectivity index (χ4n) is 5.72. The highest BCUT2D eigenvalue weighted by Gasteiger charge is 2.51. The Morgan fingerprint density at radius 2 is 2.13 bits per heavy atom. The highest BCUT2D eigenvalue weighted by molar-refractivity contribution is 6.11. The quantitative estimate of drug-likeness (QED) is 0.489. The average Bonchev–Trinajstić information content (AvgIpc) is 3.14. The highest BCUT2D eigenvalue weighted by Crippen LogP contribution is 2.42. The number of hydrogen-bond donors (Lipinski definition) is 1. The molecule has 5 unspecified atom stereocenters. The summed E-state index contributed by atoms with van der Waals surface area (Å²) < 4.78 is 21.5. The predicted molar refractivity (Wildman–Crippen MR) is 106 cm³/mol. The van der Waals surface area contributed by atoms with Crippen molar-refractivity contribution in [1.82, 2.24) is 19.8 Å². The molecule has 4 heterocycles. The fourth-order valence-corrected chi connectivity index (χ4v) is 5.72. The third kappa shape index (κ3) is 3.17. The van der Waals surface area contributed by atoms with Gasteiger partial charge in [-0.2, -0.15) is 9.92 Å². The average molecular weight is 435 g/mol. The monoisotopic (exact) mass is 435 g/mol. The number of nitrogens with zero attached hydrogens (tertiary/aromatic N) is 5. The predicted octanol–water partition coefficient (Wildman–Crippen LogP) is 0.180. The number of nitroso groups, excluding NO2 is 1. The first-order chi connectivity index (χ1) is 14.9. The molecular formula is C20H26FN5O5. The number of fused-ring (bicyclic) bond motifs is 1. The topological polar surface area (TPSA) is 106 Å². The summed E-state index contributed by atoms with van der Waals surface area (Å²) in [6.45, 7) is 2.42. The molecule has 0 amide bonds. The van der Waals surface area contributed by atoms with E-state index in [1.807, 2.05) is 0 Å². The molecule has 1 aliphatic carbocycles. The first-order valence-electron chi connectivity index (χ1n) is 10.7. The molecule has 11 heteroatoms. The van der Waals surface area contributed by atoms with E-state index in [1.165, 1.54) is 6.08 Å². The molecular weight excluding hydrogens is 409 g/mol. The Morgan fingerprint density at radius 3 is 2.87 bits per heavy atom. The van der Waals surface area contributed by atoms with Crippen molar-refractivity contribution in [2.24, 2.45) is 11.1 Å². The van der Waals surface area contributed by atoms with Crippen molar-refractivity contribution in [3.05, 3.63) is 28.0 Å². The number of carbonyl (C=O) groups excluding carboxylic acids is 1. The summed E-state index contributed by atoms with van der Waals surface area (Å²) in [5.41, 5.74) is 0.590. The first-order valence-corrected chi connectivity index (χ1v) is 10.7. The van der Waals surface area contributed by atoms with Gasteiger partial charge >= 0.3 is 5.97 Å². The second-order valence-corrected chi connectivity index (χ2v) is 8.88. The lowest BCUT2D eigenvalue weighted by molar-refractivity contribution is -0.154. The molecule has 31 heavy (non-hydrogen) atoms. The summed E-state index contributed by atoms with van der Waals surface area (Å²) in [7, 11) is 1.76. The molecule has 3 fully saturated rings. The minimum Gasteiger partial charge on any atom is -0.481 e. The highest BCUT2D eigenvalue weighted by atomic mass is 19.1. The summed E-state index contributed by atoms with van der Waals surface area (Å²) in [6.07, 6.45) is 1.64. The summed E-state index contributed by atoms with van der Waals surface area (Å²) in [6, 6.07) is -0.269. The van der Waals surface area contributed by atoms with Crippen LogP contribution in [0, 0.1) is 10.8 Å². The summed E-state index contributed by atoms with van der Waals surface area (Å²) in [4.78, 5) is 39.5. The molecule has 0 saturated carbocycles. The largest absolute Gasteiger partial charge is 0.481 e. The Hall–Kier alpha value is -2.37. The maximum Gasteiger partial charge on any atom is 0.316 e. The fraction of sp³-hybridized carbons (Fsp3) is 0.700. The molecule has 5 rings (SSSR count). The van der Waals surface area contributed by atoms with Gasteiger partial charge in [-0.1, -0.05) is 5.18 Å². The van der Waals surface area contributed by atoms with E-state index in [2.05, 4.69) is 15.0 Å². The number of rotatable bonds is 4. The van der Waals surface area contributed by atoms with E-state index < -0.39 is 29.9 Å². The summed E-state index contributed by atoms with van der Waals surface area (Å²) >= 11 is 0. The van der Waals surface area contributed by atoms with Crippen molar-refractivity contribution < 1.29 is 23.8 Å². The number of Topliss-reactive ketones (excluding diaryl/α,β-unsaturated/α-hetero) is 1. The number of hydrazine groups is 1. The molecule has 4 aliphatic heterocycles. The van der Waals surface area contributed by atoms with E-state index in [0.717, 1.165) is 19.4 Å². The number of hydrogen-bond acceptors (Lipinski definition) is 9. The number of ketones is 1. The third-order valence-electron chi connectivity index (χ3n) is 7.24. The van der Waals surface area contributed by atoms with Gasteiger partial charge < -0.3 is 9.84 Å². The number of halogens is 1. The molecule has 10 nitrogen and oxygen atoms in total. The van der Waals surface area contributed by atoms with Gasteiger partial charge in [0.25, 0.3) is 0 Å². The van der Waals surface area contributed by atoms with Gasteiger partial charge in [-0.3, -0.25) is 24.4 Å². The van der Waals surface area contributed by atoms with Crippen molar-refractivity contribution >= 4 is 11.8 Å². The molecule has 0 spiro atoms. The lowest BCUT2D eigenvalue weighted by atomic mass is 9.83. The second kappa shape index (κ2) is 7.64. The minimum absolute atomic E-state index is 0.00461. The van der Waals surface area contributed by atoms with Gasteiger partial charge in [0.2, 0.25) is 0 Å². The van der Waals surface area contributed by atoms with Crippen molar-refractivity contribution in [1.29, 1.82) is 0 Å². The van der Waals surface area contributed by atoms with Crippen LogP contribution in [0.5, 0.6) is 0 Å². The number of carbonyl (C=O) groups is 2. The minimum atomic E-state index is -1.48. The first kappa shape index (κ1) is 20.5. The molecule has 0 radical (unpaired) electrons. The van der Waals surface area contributed by atoms with Crippen LogP contribution in [0.2, 0.25) is 0 Å². The molecule has 0 bridgehead atoms. The lowest BCUT2D eigenvalue weighted by Gasteiger charge is -2.50. The molecule has 5 atom stereocenters. The van der Waals surface area contributed by atoms with E-state index in [-0.39, 0.29) is 37.5 Å². The Kier molecular flexibility index (Phi) is 5.06. The van der Waals surface area contributed by atoms with Crippen molar-refractivity contribution in [3.8, 4) is 0 Å². The van der Waals surface area contributed by atoms with E-state index in [4.69, 9.17) is 4.74 Å². The van der Waals surface area contributed by atoms with Crippen LogP contribution in [0.1, 0.15) is 12.8 Å². The van der Waals surface area contributed by atoms with Crippen molar-refractivity contribution in [3.63, 3.8) is 0 Å². The van der Waals surface area contributed by atoms with Crippen LogP contribution in [0.25, 0.3) is 0 Å². The van der Waals surface area contributed by atoms with E-state index in [9.17, 15) is 19.6 Å². The lowest BCUT2D eigenvalue weighted by Crippen LogP contribution is -2.61. The van der Waals surface area contributed by atoms with E-state index in [1.54, 1.807) is 17.1 Å². The summed E-state index contributed by atoms with van der Waals surface area (Å²) in [5.74, 6) is -2.59. The number of allylic oxidation sites excluding steroid dienone is 1. The zero-order valence-electron chi connectivity index (χ0n) is 17.3. The van der Waals surface area contributed by atoms with Gasteiger partial charge in [0.05, 0.1) is 13.1 Å². The van der Waals surface area contributed by atoms with Crippen LogP contribution in [0.4, 0.5) is 4.39 Å². The molecule has 0 aromatic carbocycles. The zero-order valence-corrected chi connectivity index (χ0v) is 17.3. The number of ether oxygens (including phenoxy) is 1. The van der Waals surface area contributed by atoms with Gasteiger partial charge in [-0.25, -0.2) is 4.39 Å².